The number of hydrogen-bond acceptors (Lipinski definition) is 3. The maximum atomic E-state index is 11.6. The van der Waals surface area contributed by atoms with Crippen LogP contribution in [0.4, 0.5) is 0 Å². The van der Waals surface area contributed by atoms with Crippen molar-refractivity contribution in [2.45, 2.75) is 0 Å². The standard InChI is InChI=1S/C12H10N4O2/c1-15-10-6-8(16-5-4-13-7-16)2-3-9(10)14-11(17)12(15)18/h2-7H,1H3,(H,14,17). The number of benzene rings is 1. The molecule has 1 aromatic carbocycles. The number of rotatable bonds is 1. The minimum absolute atomic E-state index is 0.565. The Morgan fingerprint density at radius 2 is 2.11 bits per heavy atom. The van der Waals surface area contributed by atoms with E-state index in [1.807, 2.05) is 22.9 Å². The number of hydrogen-bond donors (Lipinski definition) is 1. The molecule has 18 heavy (non-hydrogen) atoms. The maximum absolute atomic E-state index is 11.6. The Labute approximate surface area is 101 Å². The Bertz CT molecular complexity index is 827. The molecule has 1 N–H and O–H groups in total. The van der Waals surface area contributed by atoms with Gasteiger partial charge in [-0.15, -0.1) is 0 Å². The lowest BCUT2D eigenvalue weighted by Crippen LogP contribution is -2.34. The molecule has 0 aliphatic carbocycles. The third-order valence-corrected chi connectivity index (χ3v) is 2.89. The van der Waals surface area contributed by atoms with Gasteiger partial charge in [-0.05, 0) is 18.2 Å². The zero-order valence-electron chi connectivity index (χ0n) is 9.62. The van der Waals surface area contributed by atoms with E-state index in [9.17, 15) is 9.59 Å². The Morgan fingerprint density at radius 3 is 2.83 bits per heavy atom. The average Bonchev–Trinajstić information content (AvgIpc) is 2.90. The second-order valence-electron chi connectivity index (χ2n) is 3.99. The molecule has 0 fully saturated rings. The number of nitrogens with one attached hydrogen (secondary N) is 1. The van der Waals surface area contributed by atoms with E-state index < -0.39 is 11.1 Å². The highest BCUT2D eigenvalue weighted by Crippen LogP contribution is 2.14. The number of nitrogens with zero attached hydrogens (tertiary/aromatic N) is 3. The first-order valence-corrected chi connectivity index (χ1v) is 5.38. The molecule has 90 valence electrons. The number of H-pyrrole nitrogens is 1. The number of fused-ring (bicyclic) bond motifs is 1. The van der Waals surface area contributed by atoms with Gasteiger partial charge in [-0.25, -0.2) is 4.98 Å². The van der Waals surface area contributed by atoms with Crippen molar-refractivity contribution in [2.75, 3.05) is 0 Å². The van der Waals surface area contributed by atoms with Gasteiger partial charge in [0.15, 0.2) is 0 Å². The lowest BCUT2D eigenvalue weighted by atomic mass is 10.2. The van der Waals surface area contributed by atoms with Gasteiger partial charge in [0.2, 0.25) is 0 Å². The zero-order valence-corrected chi connectivity index (χ0v) is 9.62. The van der Waals surface area contributed by atoms with Gasteiger partial charge in [0, 0.05) is 25.1 Å². The fourth-order valence-corrected chi connectivity index (χ4v) is 1.91. The van der Waals surface area contributed by atoms with Crippen molar-refractivity contribution in [1.82, 2.24) is 19.1 Å². The summed E-state index contributed by atoms with van der Waals surface area (Å²) in [6.07, 6.45) is 5.16. The normalized spacial score (nSPS) is 10.9. The van der Waals surface area contributed by atoms with Crippen LogP contribution in [-0.4, -0.2) is 19.1 Å². The molecule has 0 bridgehead atoms. The summed E-state index contributed by atoms with van der Waals surface area (Å²) in [5.41, 5.74) is 1.00. The SMILES string of the molecule is Cn1c(=O)c(=O)[nH]c2ccc(-n3ccnc3)cc21. The summed E-state index contributed by atoms with van der Waals surface area (Å²) in [7, 11) is 1.58. The van der Waals surface area contributed by atoms with E-state index in [1.165, 1.54) is 4.57 Å². The van der Waals surface area contributed by atoms with Crippen molar-refractivity contribution in [2.24, 2.45) is 7.05 Å². The fraction of sp³-hybridized carbons (Fsp3) is 0.0833. The number of imidazole rings is 1. The first kappa shape index (κ1) is 10.5. The van der Waals surface area contributed by atoms with E-state index in [0.717, 1.165) is 5.69 Å². The predicted octanol–water partition coefficient (Wildman–Crippen LogP) is 0.412. The molecule has 0 amide bonds. The van der Waals surface area contributed by atoms with Crippen LogP contribution >= 0.6 is 0 Å². The second kappa shape index (κ2) is 3.69. The van der Waals surface area contributed by atoms with Gasteiger partial charge >= 0.3 is 11.1 Å². The third-order valence-electron chi connectivity index (χ3n) is 2.89. The zero-order chi connectivity index (χ0) is 12.7. The molecule has 6 heteroatoms. The minimum atomic E-state index is -0.611. The van der Waals surface area contributed by atoms with E-state index in [1.54, 1.807) is 25.6 Å². The molecule has 2 heterocycles. The van der Waals surface area contributed by atoms with Crippen LogP contribution < -0.4 is 11.1 Å². The van der Waals surface area contributed by atoms with Crippen LogP contribution in [0.25, 0.3) is 16.7 Å². The first-order valence-electron chi connectivity index (χ1n) is 5.38. The number of aromatic nitrogens is 4. The molecular formula is C12H10N4O2. The molecule has 0 saturated carbocycles. The summed E-state index contributed by atoms with van der Waals surface area (Å²) in [5, 5.41) is 0. The maximum Gasteiger partial charge on any atom is 0.316 e. The van der Waals surface area contributed by atoms with Gasteiger partial charge in [-0.2, -0.15) is 0 Å². The van der Waals surface area contributed by atoms with E-state index in [0.29, 0.717) is 11.0 Å². The van der Waals surface area contributed by atoms with Crippen LogP contribution in [0.2, 0.25) is 0 Å². The van der Waals surface area contributed by atoms with Gasteiger partial charge in [-0.1, -0.05) is 0 Å². The van der Waals surface area contributed by atoms with Gasteiger partial charge in [0.05, 0.1) is 17.4 Å². The van der Waals surface area contributed by atoms with Crippen molar-refractivity contribution in [3.8, 4) is 5.69 Å². The molecular weight excluding hydrogens is 232 g/mol. The van der Waals surface area contributed by atoms with Gasteiger partial charge in [0.25, 0.3) is 0 Å². The molecule has 0 aliphatic heterocycles. The van der Waals surface area contributed by atoms with Gasteiger partial charge < -0.3 is 14.1 Å². The summed E-state index contributed by atoms with van der Waals surface area (Å²) in [4.78, 5) is 29.5. The lowest BCUT2D eigenvalue weighted by Gasteiger charge is -2.07. The third kappa shape index (κ3) is 1.46. The van der Waals surface area contributed by atoms with E-state index in [2.05, 4.69) is 9.97 Å². The smallest absolute Gasteiger partial charge is 0.316 e. The van der Waals surface area contributed by atoms with Crippen LogP contribution in [-0.2, 0) is 7.05 Å². The highest BCUT2D eigenvalue weighted by Gasteiger charge is 2.05. The molecule has 6 nitrogen and oxygen atoms in total. The van der Waals surface area contributed by atoms with Crippen LogP contribution in [0.3, 0.4) is 0 Å². The summed E-state index contributed by atoms with van der Waals surface area (Å²) in [6.45, 7) is 0. The lowest BCUT2D eigenvalue weighted by molar-refractivity contribution is 0.872. The quantitative estimate of drug-likeness (QED) is 0.628. The Kier molecular flexibility index (Phi) is 2.16. The Hall–Kier alpha value is -2.63. The van der Waals surface area contributed by atoms with Crippen molar-refractivity contribution in [3.63, 3.8) is 0 Å². The molecule has 0 radical (unpaired) electrons. The molecule has 3 rings (SSSR count). The predicted molar refractivity (Wildman–Crippen MR) is 66.9 cm³/mol. The highest BCUT2D eigenvalue weighted by molar-refractivity contribution is 5.76. The molecule has 0 spiro atoms. The molecule has 0 unspecified atom stereocenters. The highest BCUT2D eigenvalue weighted by atomic mass is 16.2. The molecule has 3 aromatic rings. The van der Waals surface area contributed by atoms with Crippen molar-refractivity contribution in [1.29, 1.82) is 0 Å². The average molecular weight is 242 g/mol. The van der Waals surface area contributed by atoms with Crippen LogP contribution in [0.5, 0.6) is 0 Å². The van der Waals surface area contributed by atoms with E-state index in [4.69, 9.17) is 0 Å². The molecule has 0 saturated heterocycles. The summed E-state index contributed by atoms with van der Waals surface area (Å²) in [6, 6.07) is 5.45. The Morgan fingerprint density at radius 1 is 1.28 bits per heavy atom. The fourth-order valence-electron chi connectivity index (χ4n) is 1.91. The summed E-state index contributed by atoms with van der Waals surface area (Å²) in [5.74, 6) is 0. The van der Waals surface area contributed by atoms with Crippen LogP contribution in [0.15, 0.2) is 46.5 Å². The monoisotopic (exact) mass is 242 g/mol. The molecule has 0 atom stereocenters. The second-order valence-corrected chi connectivity index (χ2v) is 3.99. The van der Waals surface area contributed by atoms with E-state index in [-0.39, 0.29) is 0 Å². The minimum Gasteiger partial charge on any atom is -0.316 e. The van der Waals surface area contributed by atoms with Crippen molar-refractivity contribution in [3.05, 3.63) is 57.6 Å². The van der Waals surface area contributed by atoms with Crippen molar-refractivity contribution >= 4 is 11.0 Å². The Balaban J connectivity index is 2.37. The summed E-state index contributed by atoms with van der Waals surface area (Å²) >= 11 is 0. The topological polar surface area (TPSA) is 72.7 Å². The molecule has 0 aliphatic rings. The van der Waals surface area contributed by atoms with Crippen LogP contribution in [0.1, 0.15) is 0 Å². The number of aryl methyl sites for hydroxylation is 1. The van der Waals surface area contributed by atoms with Gasteiger partial charge in [0.1, 0.15) is 0 Å². The molecule has 2 aromatic heterocycles. The van der Waals surface area contributed by atoms with Gasteiger partial charge in [-0.3, -0.25) is 9.59 Å². The van der Waals surface area contributed by atoms with Crippen LogP contribution in [0, 0.1) is 0 Å². The first-order chi connectivity index (χ1) is 8.66. The van der Waals surface area contributed by atoms with Crippen molar-refractivity contribution < 1.29 is 0 Å². The summed E-state index contributed by atoms with van der Waals surface area (Å²) < 4.78 is 3.17. The largest absolute Gasteiger partial charge is 0.316 e. The number of aromatic amines is 1. The van der Waals surface area contributed by atoms with E-state index >= 15 is 0 Å².